The smallest absolute Gasteiger partial charge is 0.303 e. The highest BCUT2D eigenvalue weighted by atomic mass is 32.2. The van der Waals surface area contributed by atoms with Gasteiger partial charge in [0.1, 0.15) is 0 Å². The van der Waals surface area contributed by atoms with Crippen LogP contribution in [0.5, 0.6) is 0 Å². The summed E-state index contributed by atoms with van der Waals surface area (Å²) in [5, 5.41) is 9.22. The van der Waals surface area contributed by atoms with E-state index in [4.69, 9.17) is 5.11 Å². The van der Waals surface area contributed by atoms with E-state index in [1.54, 1.807) is 0 Å². The molecule has 18 heavy (non-hydrogen) atoms. The fourth-order valence-electron chi connectivity index (χ4n) is 3.14. The molecule has 1 N–H and O–H groups in total. The van der Waals surface area contributed by atoms with Crippen LogP contribution in [0, 0.1) is 11.3 Å². The maximum absolute atomic E-state index is 12.4. The Morgan fingerprint density at radius 3 is 2.67 bits per heavy atom. The molecule has 0 amide bonds. The lowest BCUT2D eigenvalue weighted by molar-refractivity contribution is -0.138. The summed E-state index contributed by atoms with van der Waals surface area (Å²) in [7, 11) is -0.815. The van der Waals surface area contributed by atoms with Crippen molar-refractivity contribution in [1.29, 1.82) is 0 Å². The molecule has 3 atom stereocenters. The van der Waals surface area contributed by atoms with E-state index >= 15 is 0 Å². The highest BCUT2D eigenvalue weighted by Gasteiger charge is 2.46. The van der Waals surface area contributed by atoms with Gasteiger partial charge in [0.2, 0.25) is 0 Å². The van der Waals surface area contributed by atoms with Gasteiger partial charge in [0, 0.05) is 21.8 Å². The van der Waals surface area contributed by atoms with Gasteiger partial charge in [-0.15, -0.1) is 0 Å². The van der Waals surface area contributed by atoms with Crippen molar-refractivity contribution in [3.63, 3.8) is 0 Å². The molecular weight excluding hydrogens is 248 g/mol. The average molecular weight is 272 g/mol. The van der Waals surface area contributed by atoms with Crippen molar-refractivity contribution in [1.82, 2.24) is 0 Å². The summed E-state index contributed by atoms with van der Waals surface area (Å²) in [6.07, 6.45) is 7.95. The molecule has 4 heteroatoms. The molecule has 0 saturated heterocycles. The lowest BCUT2D eigenvalue weighted by Gasteiger charge is -2.28. The number of hydrogen-bond donors (Lipinski definition) is 1. The topological polar surface area (TPSA) is 54.4 Å². The van der Waals surface area contributed by atoms with E-state index in [9.17, 15) is 9.00 Å². The van der Waals surface area contributed by atoms with Gasteiger partial charge >= 0.3 is 5.97 Å². The fourth-order valence-corrected chi connectivity index (χ4v) is 5.29. The zero-order valence-corrected chi connectivity index (χ0v) is 12.0. The summed E-state index contributed by atoms with van der Waals surface area (Å²) < 4.78 is 12.4. The van der Waals surface area contributed by atoms with Crippen LogP contribution in [0.25, 0.3) is 0 Å². The van der Waals surface area contributed by atoms with Crippen molar-refractivity contribution in [2.24, 2.45) is 11.3 Å². The molecule has 2 saturated carbocycles. The summed E-state index contributed by atoms with van der Waals surface area (Å²) in [5.74, 6) is 0.627. The van der Waals surface area contributed by atoms with E-state index in [1.807, 2.05) is 0 Å². The summed E-state index contributed by atoms with van der Waals surface area (Å²) in [6, 6.07) is 0. The van der Waals surface area contributed by atoms with Crippen LogP contribution in [0.2, 0.25) is 0 Å². The number of carboxylic acid groups (broad SMARTS) is 1. The SMILES string of the molecule is CCC1CCCC(S(=O)CC2(CC(=O)O)CC2)C1. The molecule has 0 spiro atoms. The molecule has 0 aromatic carbocycles. The largest absolute Gasteiger partial charge is 0.481 e. The van der Waals surface area contributed by atoms with Gasteiger partial charge in [0.15, 0.2) is 0 Å². The Balaban J connectivity index is 1.86. The number of rotatable bonds is 6. The van der Waals surface area contributed by atoms with Crippen molar-refractivity contribution in [2.45, 2.75) is 63.5 Å². The van der Waals surface area contributed by atoms with E-state index in [2.05, 4.69) is 6.92 Å². The molecule has 0 aromatic rings. The Morgan fingerprint density at radius 2 is 2.11 bits per heavy atom. The van der Waals surface area contributed by atoms with E-state index in [0.717, 1.165) is 31.6 Å². The van der Waals surface area contributed by atoms with Crippen molar-refractivity contribution < 1.29 is 14.1 Å². The molecule has 2 fully saturated rings. The van der Waals surface area contributed by atoms with Crippen LogP contribution >= 0.6 is 0 Å². The van der Waals surface area contributed by atoms with Gasteiger partial charge in [-0.05, 0) is 37.0 Å². The fraction of sp³-hybridized carbons (Fsp3) is 0.929. The van der Waals surface area contributed by atoms with Crippen LogP contribution in [-0.4, -0.2) is 26.3 Å². The van der Waals surface area contributed by atoms with E-state index < -0.39 is 16.8 Å². The predicted molar refractivity (Wildman–Crippen MR) is 73.0 cm³/mol. The first-order valence-electron chi connectivity index (χ1n) is 7.13. The van der Waals surface area contributed by atoms with Crippen LogP contribution in [-0.2, 0) is 15.6 Å². The minimum absolute atomic E-state index is 0.115. The number of carbonyl (C=O) groups is 1. The van der Waals surface area contributed by atoms with Gasteiger partial charge in [-0.25, -0.2) is 0 Å². The standard InChI is InChI=1S/C14H24O3S/c1-2-11-4-3-5-12(8-11)18(17)10-14(6-7-14)9-13(15)16/h11-12H,2-10H2,1H3,(H,15,16). The molecule has 0 heterocycles. The maximum atomic E-state index is 12.4. The lowest BCUT2D eigenvalue weighted by atomic mass is 9.87. The second kappa shape index (κ2) is 5.72. The minimum atomic E-state index is -0.815. The Labute approximate surface area is 112 Å². The Bertz CT molecular complexity index is 336. The number of hydrogen-bond acceptors (Lipinski definition) is 2. The van der Waals surface area contributed by atoms with Gasteiger partial charge in [-0.1, -0.05) is 26.2 Å². The third-order valence-corrected chi connectivity index (χ3v) is 6.68. The number of aliphatic carboxylic acids is 1. The molecule has 3 unspecified atom stereocenters. The summed E-state index contributed by atoms with van der Waals surface area (Å²) in [6.45, 7) is 2.21. The average Bonchev–Trinajstić information content (AvgIpc) is 3.07. The second-order valence-electron chi connectivity index (χ2n) is 6.16. The molecular formula is C14H24O3S. The normalized spacial score (nSPS) is 31.8. The van der Waals surface area contributed by atoms with Crippen LogP contribution in [0.1, 0.15) is 58.3 Å². The summed E-state index contributed by atoms with van der Waals surface area (Å²) >= 11 is 0. The Hall–Kier alpha value is -0.380. The van der Waals surface area contributed by atoms with Gasteiger partial charge in [-0.2, -0.15) is 0 Å². The number of carboxylic acids is 1. The first-order chi connectivity index (χ1) is 8.54. The van der Waals surface area contributed by atoms with Gasteiger partial charge in [0.25, 0.3) is 0 Å². The monoisotopic (exact) mass is 272 g/mol. The molecule has 0 aliphatic heterocycles. The van der Waals surface area contributed by atoms with E-state index in [0.29, 0.717) is 11.0 Å². The van der Waals surface area contributed by atoms with Crippen molar-refractivity contribution in [2.75, 3.05) is 5.75 Å². The van der Waals surface area contributed by atoms with Crippen LogP contribution in [0.3, 0.4) is 0 Å². The zero-order chi connectivity index (χ0) is 13.2. The highest BCUT2D eigenvalue weighted by molar-refractivity contribution is 7.85. The molecule has 0 aromatic heterocycles. The highest BCUT2D eigenvalue weighted by Crippen LogP contribution is 2.50. The van der Waals surface area contributed by atoms with Crippen LogP contribution < -0.4 is 0 Å². The quantitative estimate of drug-likeness (QED) is 0.808. The van der Waals surface area contributed by atoms with Crippen molar-refractivity contribution >= 4 is 16.8 Å². The summed E-state index contributed by atoms with van der Waals surface area (Å²) in [5.41, 5.74) is -0.115. The Kier molecular flexibility index (Phi) is 4.46. The third kappa shape index (κ3) is 3.56. The maximum Gasteiger partial charge on any atom is 0.303 e. The van der Waals surface area contributed by atoms with Crippen LogP contribution in [0.15, 0.2) is 0 Å². The zero-order valence-electron chi connectivity index (χ0n) is 11.2. The summed E-state index contributed by atoms with van der Waals surface area (Å²) in [4.78, 5) is 10.8. The van der Waals surface area contributed by atoms with E-state index in [-0.39, 0.29) is 11.8 Å². The van der Waals surface area contributed by atoms with E-state index in [1.165, 1.54) is 19.3 Å². The molecule has 2 aliphatic rings. The first-order valence-corrected chi connectivity index (χ1v) is 8.52. The van der Waals surface area contributed by atoms with Gasteiger partial charge < -0.3 is 5.11 Å². The van der Waals surface area contributed by atoms with Crippen molar-refractivity contribution in [3.05, 3.63) is 0 Å². The predicted octanol–water partition coefficient (Wildman–Crippen LogP) is 2.96. The molecule has 104 valence electrons. The Morgan fingerprint density at radius 1 is 1.39 bits per heavy atom. The lowest BCUT2D eigenvalue weighted by Crippen LogP contribution is -2.29. The first kappa shape index (κ1) is 14.0. The third-order valence-electron chi connectivity index (χ3n) is 4.62. The minimum Gasteiger partial charge on any atom is -0.481 e. The van der Waals surface area contributed by atoms with Crippen molar-refractivity contribution in [3.8, 4) is 0 Å². The van der Waals surface area contributed by atoms with Crippen LogP contribution in [0.4, 0.5) is 0 Å². The van der Waals surface area contributed by atoms with Gasteiger partial charge in [0.05, 0.1) is 6.42 Å². The molecule has 2 rings (SSSR count). The second-order valence-corrected chi connectivity index (χ2v) is 7.88. The van der Waals surface area contributed by atoms with Gasteiger partial charge in [-0.3, -0.25) is 9.00 Å². The molecule has 2 aliphatic carbocycles. The molecule has 0 bridgehead atoms. The molecule has 3 nitrogen and oxygen atoms in total. The molecule has 0 radical (unpaired) electrons.